The van der Waals surface area contributed by atoms with Gasteiger partial charge >= 0.3 is 5.97 Å². The number of carbonyl (C=O) groups is 1. The number of hydrogen-bond donors (Lipinski definition) is 2. The number of aliphatic hydroxyl groups excluding tert-OH is 1. The smallest absolute Gasteiger partial charge is 0.303 e. The monoisotopic (exact) mass is 147 g/mol. The zero-order valence-electron chi connectivity index (χ0n) is 6.20. The summed E-state index contributed by atoms with van der Waals surface area (Å²) in [5.74, 6) is -0.420. The maximum Gasteiger partial charge on any atom is 0.303 e. The molecule has 4 nitrogen and oxygen atoms in total. The van der Waals surface area contributed by atoms with Crippen molar-refractivity contribution in [2.24, 2.45) is 5.73 Å². The van der Waals surface area contributed by atoms with Crippen molar-refractivity contribution in [2.75, 3.05) is 0 Å². The predicted molar refractivity (Wildman–Crippen MR) is 36.0 cm³/mol. The summed E-state index contributed by atoms with van der Waals surface area (Å²) in [6.07, 6.45) is -1.12. The van der Waals surface area contributed by atoms with Crippen LogP contribution in [-0.4, -0.2) is 23.4 Å². The molecule has 0 fully saturated rings. The maximum atomic E-state index is 10.3. The maximum absolute atomic E-state index is 10.3. The first-order valence-corrected chi connectivity index (χ1v) is 3.18. The lowest BCUT2D eigenvalue weighted by atomic mass is 10.2. The third-order valence-electron chi connectivity index (χ3n) is 1.10. The van der Waals surface area contributed by atoms with Gasteiger partial charge in [0, 0.05) is 6.92 Å². The van der Waals surface area contributed by atoms with Gasteiger partial charge in [-0.2, -0.15) is 0 Å². The van der Waals surface area contributed by atoms with Gasteiger partial charge in [-0.25, -0.2) is 0 Å². The standard InChI is InChI=1S/C6H13NO3/c1-3-5(6(7)9)10-4(2)8/h5-6,9H,3,7H2,1-2H3. The molecule has 0 aromatic heterocycles. The lowest BCUT2D eigenvalue weighted by Crippen LogP contribution is -2.36. The van der Waals surface area contributed by atoms with Gasteiger partial charge < -0.3 is 15.6 Å². The fraction of sp³-hybridized carbons (Fsp3) is 0.833. The van der Waals surface area contributed by atoms with Crippen molar-refractivity contribution in [2.45, 2.75) is 32.6 Å². The number of nitrogens with two attached hydrogens (primary N) is 1. The first-order chi connectivity index (χ1) is 4.57. The molecule has 0 aliphatic heterocycles. The Kier molecular flexibility index (Phi) is 3.99. The van der Waals surface area contributed by atoms with Crippen LogP contribution in [0.25, 0.3) is 0 Å². The average Bonchev–Trinajstić information content (AvgIpc) is 1.81. The molecule has 0 rings (SSSR count). The molecule has 0 aliphatic rings. The summed E-state index contributed by atoms with van der Waals surface area (Å²) in [4.78, 5) is 10.3. The summed E-state index contributed by atoms with van der Waals surface area (Å²) in [7, 11) is 0. The van der Waals surface area contributed by atoms with Crippen LogP contribution in [0.3, 0.4) is 0 Å². The van der Waals surface area contributed by atoms with E-state index in [0.717, 1.165) is 0 Å². The fourth-order valence-electron chi connectivity index (χ4n) is 0.608. The van der Waals surface area contributed by atoms with Gasteiger partial charge in [0.15, 0.2) is 0 Å². The second-order valence-corrected chi connectivity index (χ2v) is 2.05. The molecule has 10 heavy (non-hydrogen) atoms. The largest absolute Gasteiger partial charge is 0.458 e. The van der Waals surface area contributed by atoms with E-state index in [9.17, 15) is 4.79 Å². The number of ether oxygens (including phenoxy) is 1. The zero-order valence-corrected chi connectivity index (χ0v) is 6.20. The Balaban J connectivity index is 3.71. The van der Waals surface area contributed by atoms with Crippen LogP contribution in [-0.2, 0) is 9.53 Å². The van der Waals surface area contributed by atoms with Crippen molar-refractivity contribution in [3.8, 4) is 0 Å². The normalized spacial score (nSPS) is 16.0. The molecule has 0 bridgehead atoms. The Hall–Kier alpha value is -0.610. The van der Waals surface area contributed by atoms with Gasteiger partial charge in [0.1, 0.15) is 12.3 Å². The predicted octanol–water partition coefficient (Wildman–Crippen LogP) is -0.395. The number of hydrogen-bond acceptors (Lipinski definition) is 4. The van der Waals surface area contributed by atoms with E-state index < -0.39 is 18.3 Å². The molecule has 0 saturated heterocycles. The van der Waals surface area contributed by atoms with E-state index in [1.54, 1.807) is 6.92 Å². The van der Waals surface area contributed by atoms with Gasteiger partial charge in [-0.15, -0.1) is 0 Å². The van der Waals surface area contributed by atoms with Gasteiger partial charge in [-0.3, -0.25) is 4.79 Å². The minimum absolute atomic E-state index is 0.420. The van der Waals surface area contributed by atoms with Crippen LogP contribution >= 0.6 is 0 Å². The summed E-state index contributed by atoms with van der Waals surface area (Å²) >= 11 is 0. The van der Waals surface area contributed by atoms with Crippen LogP contribution in [0.4, 0.5) is 0 Å². The van der Waals surface area contributed by atoms with Crippen LogP contribution in [0.1, 0.15) is 20.3 Å². The van der Waals surface area contributed by atoms with Gasteiger partial charge in [-0.05, 0) is 6.42 Å². The molecule has 0 aromatic rings. The molecule has 0 saturated carbocycles. The summed E-state index contributed by atoms with van der Waals surface area (Å²) in [5, 5.41) is 8.76. The summed E-state index contributed by atoms with van der Waals surface area (Å²) in [6, 6.07) is 0. The van der Waals surface area contributed by atoms with Crippen LogP contribution < -0.4 is 5.73 Å². The minimum atomic E-state index is -1.08. The quantitative estimate of drug-likeness (QED) is 0.421. The van der Waals surface area contributed by atoms with Crippen LogP contribution in [0, 0.1) is 0 Å². The number of esters is 1. The molecule has 3 N–H and O–H groups in total. The molecular weight excluding hydrogens is 134 g/mol. The number of carbonyl (C=O) groups excluding carboxylic acids is 1. The van der Waals surface area contributed by atoms with Gasteiger partial charge in [0.05, 0.1) is 0 Å². The summed E-state index contributed by atoms with van der Waals surface area (Å²) < 4.78 is 4.65. The van der Waals surface area contributed by atoms with Crippen molar-refractivity contribution >= 4 is 5.97 Å². The fourth-order valence-corrected chi connectivity index (χ4v) is 0.608. The van der Waals surface area contributed by atoms with E-state index in [1.165, 1.54) is 6.92 Å². The minimum Gasteiger partial charge on any atom is -0.458 e. The van der Waals surface area contributed by atoms with Crippen molar-refractivity contribution in [1.82, 2.24) is 0 Å². The highest BCUT2D eigenvalue weighted by atomic mass is 16.6. The second kappa shape index (κ2) is 4.24. The topological polar surface area (TPSA) is 72.5 Å². The molecule has 0 aromatic carbocycles. The van der Waals surface area contributed by atoms with Crippen molar-refractivity contribution < 1.29 is 14.6 Å². The van der Waals surface area contributed by atoms with Crippen LogP contribution in [0.15, 0.2) is 0 Å². The molecule has 2 unspecified atom stereocenters. The Labute approximate surface area is 60.0 Å². The zero-order chi connectivity index (χ0) is 8.15. The Morgan fingerprint density at radius 1 is 1.80 bits per heavy atom. The Morgan fingerprint density at radius 2 is 2.30 bits per heavy atom. The van der Waals surface area contributed by atoms with E-state index >= 15 is 0 Å². The molecule has 0 radical (unpaired) electrons. The summed E-state index contributed by atoms with van der Waals surface area (Å²) in [6.45, 7) is 3.06. The first kappa shape index (κ1) is 9.39. The number of aliphatic hydroxyl groups is 1. The van der Waals surface area contributed by atoms with Crippen LogP contribution in [0.5, 0.6) is 0 Å². The lowest BCUT2D eigenvalue weighted by Gasteiger charge is -2.16. The third-order valence-corrected chi connectivity index (χ3v) is 1.10. The molecule has 0 spiro atoms. The van der Waals surface area contributed by atoms with E-state index in [-0.39, 0.29) is 0 Å². The molecule has 2 atom stereocenters. The van der Waals surface area contributed by atoms with Crippen molar-refractivity contribution in [3.63, 3.8) is 0 Å². The van der Waals surface area contributed by atoms with E-state index in [4.69, 9.17) is 10.8 Å². The second-order valence-electron chi connectivity index (χ2n) is 2.05. The first-order valence-electron chi connectivity index (χ1n) is 3.18. The average molecular weight is 147 g/mol. The third kappa shape index (κ3) is 3.42. The lowest BCUT2D eigenvalue weighted by molar-refractivity contribution is -0.152. The Morgan fingerprint density at radius 3 is 2.40 bits per heavy atom. The molecule has 0 amide bonds. The highest BCUT2D eigenvalue weighted by molar-refractivity contribution is 5.66. The van der Waals surface area contributed by atoms with Gasteiger partial charge in [-0.1, -0.05) is 6.92 Å². The Bertz CT molecular complexity index is 114. The number of rotatable bonds is 3. The summed E-state index contributed by atoms with van der Waals surface area (Å²) in [5.41, 5.74) is 5.07. The molecular formula is C6H13NO3. The van der Waals surface area contributed by atoms with Gasteiger partial charge in [0.25, 0.3) is 0 Å². The van der Waals surface area contributed by atoms with Crippen molar-refractivity contribution in [1.29, 1.82) is 0 Å². The highest BCUT2D eigenvalue weighted by Crippen LogP contribution is 1.99. The molecule has 0 heterocycles. The molecule has 0 aliphatic carbocycles. The highest BCUT2D eigenvalue weighted by Gasteiger charge is 2.15. The van der Waals surface area contributed by atoms with Crippen molar-refractivity contribution in [3.05, 3.63) is 0 Å². The molecule has 60 valence electrons. The SMILES string of the molecule is CCC(OC(C)=O)C(N)O. The van der Waals surface area contributed by atoms with E-state index in [1.807, 2.05) is 0 Å². The van der Waals surface area contributed by atoms with E-state index in [2.05, 4.69) is 4.74 Å². The molecule has 4 heteroatoms. The van der Waals surface area contributed by atoms with Gasteiger partial charge in [0.2, 0.25) is 0 Å². The van der Waals surface area contributed by atoms with E-state index in [0.29, 0.717) is 6.42 Å². The van der Waals surface area contributed by atoms with Crippen LogP contribution in [0.2, 0.25) is 0 Å².